The van der Waals surface area contributed by atoms with Crippen molar-refractivity contribution < 1.29 is 14.1 Å². The van der Waals surface area contributed by atoms with E-state index in [2.05, 4.69) is 25.4 Å². The lowest BCUT2D eigenvalue weighted by molar-refractivity contribution is 0.0526. The van der Waals surface area contributed by atoms with Gasteiger partial charge >= 0.3 is 5.97 Å². The first-order valence-electron chi connectivity index (χ1n) is 11.1. The van der Waals surface area contributed by atoms with Crippen LogP contribution >= 0.6 is 0 Å². The molecule has 5 aromatic rings. The molecule has 0 aliphatic carbocycles. The monoisotopic (exact) mass is 470 g/mol. The molecular weight excluding hydrogens is 448 g/mol. The highest BCUT2D eigenvalue weighted by Crippen LogP contribution is 2.26. The lowest BCUT2D eigenvalue weighted by atomic mass is 10.1. The van der Waals surface area contributed by atoms with Gasteiger partial charge in [-0.2, -0.15) is 4.98 Å². The molecule has 0 bridgehead atoms. The van der Waals surface area contributed by atoms with Crippen LogP contribution in [0.5, 0.6) is 0 Å². The quantitative estimate of drug-likeness (QED) is 0.355. The maximum absolute atomic E-state index is 13.0. The average Bonchev–Trinajstić information content (AvgIpc) is 3.31. The van der Waals surface area contributed by atoms with Crippen molar-refractivity contribution in [2.75, 3.05) is 18.5 Å². The molecule has 1 aromatic carbocycles. The maximum Gasteiger partial charge on any atom is 0.339 e. The van der Waals surface area contributed by atoms with Gasteiger partial charge in [0.25, 0.3) is 5.56 Å². The summed E-state index contributed by atoms with van der Waals surface area (Å²) in [5, 5.41) is 9.58. The van der Waals surface area contributed by atoms with Crippen LogP contribution in [-0.4, -0.2) is 43.8 Å². The number of nitrogens with one attached hydrogen (secondary N) is 1. The smallest absolute Gasteiger partial charge is 0.339 e. The van der Waals surface area contributed by atoms with E-state index >= 15 is 0 Å². The number of pyridine rings is 3. The van der Waals surface area contributed by atoms with Gasteiger partial charge in [-0.15, -0.1) is 0 Å². The van der Waals surface area contributed by atoms with Crippen molar-refractivity contribution in [3.05, 3.63) is 76.8 Å². The van der Waals surface area contributed by atoms with Crippen molar-refractivity contribution in [1.82, 2.24) is 24.7 Å². The Balaban J connectivity index is 1.38. The van der Waals surface area contributed by atoms with Crippen molar-refractivity contribution >= 4 is 33.5 Å². The van der Waals surface area contributed by atoms with Gasteiger partial charge in [-0.1, -0.05) is 17.3 Å². The second-order valence-electron chi connectivity index (χ2n) is 7.85. The maximum atomic E-state index is 13.0. The summed E-state index contributed by atoms with van der Waals surface area (Å²) < 4.78 is 11.7. The Morgan fingerprint density at radius 3 is 2.83 bits per heavy atom. The summed E-state index contributed by atoms with van der Waals surface area (Å²) >= 11 is 0. The first-order chi connectivity index (χ1) is 17.0. The molecule has 0 atom stereocenters. The van der Waals surface area contributed by atoms with E-state index in [1.165, 1.54) is 12.3 Å². The molecule has 0 fully saturated rings. The molecule has 0 amide bonds. The highest BCUT2D eigenvalue weighted by atomic mass is 16.5. The molecule has 0 unspecified atom stereocenters. The number of esters is 1. The molecule has 4 aromatic heterocycles. The van der Waals surface area contributed by atoms with Crippen LogP contribution in [0.25, 0.3) is 33.1 Å². The van der Waals surface area contributed by atoms with Gasteiger partial charge < -0.3 is 19.1 Å². The van der Waals surface area contributed by atoms with Gasteiger partial charge in [-0.05, 0) is 36.6 Å². The van der Waals surface area contributed by atoms with Crippen LogP contribution in [-0.2, 0) is 11.3 Å². The number of carbonyl (C=O) groups is 1. The summed E-state index contributed by atoms with van der Waals surface area (Å²) in [6, 6.07) is 11.1. The summed E-state index contributed by atoms with van der Waals surface area (Å²) in [6.45, 7) is 4.56. The van der Waals surface area contributed by atoms with E-state index < -0.39 is 5.97 Å². The second kappa shape index (κ2) is 9.34. The average molecular weight is 470 g/mol. The molecule has 10 nitrogen and oxygen atoms in total. The van der Waals surface area contributed by atoms with Crippen molar-refractivity contribution in [2.24, 2.45) is 0 Å². The number of fused-ring (bicyclic) bond motifs is 2. The highest BCUT2D eigenvalue weighted by molar-refractivity contribution is 5.94. The first-order valence-corrected chi connectivity index (χ1v) is 11.1. The van der Waals surface area contributed by atoms with E-state index in [0.29, 0.717) is 41.5 Å². The van der Waals surface area contributed by atoms with Crippen molar-refractivity contribution in [3.8, 4) is 11.4 Å². The summed E-state index contributed by atoms with van der Waals surface area (Å²) in [4.78, 5) is 38.1. The number of carbonyl (C=O) groups excluding carboxylic acids is 1. The molecule has 10 heteroatoms. The number of hydrogen-bond acceptors (Lipinski definition) is 9. The third-order valence-electron chi connectivity index (χ3n) is 5.53. The first kappa shape index (κ1) is 22.2. The number of ether oxygens (including phenoxy) is 1. The summed E-state index contributed by atoms with van der Waals surface area (Å²) in [7, 11) is 0. The number of nitrogens with zero attached hydrogens (tertiary/aromatic N) is 5. The number of hydrogen-bond donors (Lipinski definition) is 1. The van der Waals surface area contributed by atoms with Crippen LogP contribution in [0.3, 0.4) is 0 Å². The van der Waals surface area contributed by atoms with Gasteiger partial charge in [0.05, 0.1) is 23.1 Å². The third kappa shape index (κ3) is 4.45. The molecule has 0 spiro atoms. The predicted molar refractivity (Wildman–Crippen MR) is 130 cm³/mol. The topological polar surface area (TPSA) is 125 Å². The van der Waals surface area contributed by atoms with Crippen LogP contribution in [0.2, 0.25) is 0 Å². The number of anilines is 1. The molecule has 35 heavy (non-hydrogen) atoms. The van der Waals surface area contributed by atoms with Crippen LogP contribution in [0.1, 0.15) is 23.2 Å². The number of rotatable bonds is 7. The molecule has 0 saturated carbocycles. The molecule has 176 valence electrons. The molecule has 0 aliphatic heterocycles. The Hall–Kier alpha value is -4.60. The van der Waals surface area contributed by atoms with Crippen molar-refractivity contribution in [1.29, 1.82) is 0 Å². The van der Waals surface area contributed by atoms with Gasteiger partial charge in [-0.3, -0.25) is 9.78 Å². The summed E-state index contributed by atoms with van der Waals surface area (Å²) in [5.41, 5.74) is 1.36. The minimum atomic E-state index is -0.504. The summed E-state index contributed by atoms with van der Waals surface area (Å²) in [5.74, 6) is 1.19. The zero-order chi connectivity index (χ0) is 24.4. The van der Waals surface area contributed by atoms with Crippen LogP contribution in [0.15, 0.2) is 64.3 Å². The Bertz CT molecular complexity index is 1610. The standard InChI is InChI=1S/C25H22N6O4/c1-3-34-25(33)18-13-20-21(28-14-18)7-10-31(24(20)32)11-9-27-23-19-12-17(22-29-15(2)35-30-22)5-4-16(19)6-8-26-23/h4-8,10,12-14H,3,9,11H2,1-2H3,(H,26,27). The third-order valence-corrected chi connectivity index (χ3v) is 5.53. The van der Waals surface area contributed by atoms with Gasteiger partial charge in [0.2, 0.25) is 11.7 Å². The largest absolute Gasteiger partial charge is 0.462 e. The molecule has 5 rings (SSSR count). The Morgan fingerprint density at radius 2 is 2.03 bits per heavy atom. The van der Waals surface area contributed by atoms with E-state index in [9.17, 15) is 9.59 Å². The van der Waals surface area contributed by atoms with Crippen molar-refractivity contribution in [2.45, 2.75) is 20.4 Å². The second-order valence-corrected chi connectivity index (χ2v) is 7.85. The van der Waals surface area contributed by atoms with Crippen LogP contribution < -0.4 is 10.9 Å². The van der Waals surface area contributed by atoms with Crippen molar-refractivity contribution in [3.63, 3.8) is 0 Å². The molecule has 1 N–H and O–H groups in total. The molecule has 0 saturated heterocycles. The lowest BCUT2D eigenvalue weighted by Gasteiger charge is -2.11. The normalized spacial score (nSPS) is 11.1. The number of aromatic nitrogens is 5. The van der Waals surface area contributed by atoms with Gasteiger partial charge in [0.1, 0.15) is 5.82 Å². The Labute approximate surface area is 199 Å². The zero-order valence-corrected chi connectivity index (χ0v) is 19.2. The molecule has 0 radical (unpaired) electrons. The van der Waals surface area contributed by atoms with Crippen LogP contribution in [0, 0.1) is 6.92 Å². The van der Waals surface area contributed by atoms with E-state index in [1.807, 2.05) is 24.3 Å². The molecular formula is C25H22N6O4. The molecule has 0 aliphatic rings. The van der Waals surface area contributed by atoms with E-state index in [1.54, 1.807) is 36.9 Å². The fourth-order valence-electron chi connectivity index (χ4n) is 3.82. The number of aryl methyl sites for hydroxylation is 1. The fraction of sp³-hybridized carbons (Fsp3) is 0.200. The minimum absolute atomic E-state index is 0.233. The minimum Gasteiger partial charge on any atom is -0.462 e. The van der Waals surface area contributed by atoms with Crippen LogP contribution in [0.4, 0.5) is 5.82 Å². The number of benzene rings is 1. The lowest BCUT2D eigenvalue weighted by Crippen LogP contribution is -2.24. The summed E-state index contributed by atoms with van der Waals surface area (Å²) in [6.07, 6.45) is 4.84. The van der Waals surface area contributed by atoms with E-state index in [4.69, 9.17) is 9.26 Å². The zero-order valence-electron chi connectivity index (χ0n) is 19.2. The van der Waals surface area contributed by atoms with Gasteiger partial charge in [0.15, 0.2) is 0 Å². The van der Waals surface area contributed by atoms with Gasteiger partial charge in [0, 0.05) is 49.6 Å². The fourth-order valence-corrected chi connectivity index (χ4v) is 3.82. The van der Waals surface area contributed by atoms with E-state index in [-0.39, 0.29) is 17.7 Å². The predicted octanol–water partition coefficient (Wildman–Crippen LogP) is 3.59. The SMILES string of the molecule is CCOC(=O)c1cnc2ccn(CCNc3nccc4ccc(-c5noc(C)n5)cc34)c(=O)c2c1. The molecule has 4 heterocycles. The van der Waals surface area contributed by atoms with Gasteiger partial charge in [-0.25, -0.2) is 9.78 Å². The highest BCUT2D eigenvalue weighted by Gasteiger charge is 2.12. The Kier molecular flexibility index (Phi) is 5.92. The van der Waals surface area contributed by atoms with E-state index in [0.717, 1.165) is 16.3 Å². The Morgan fingerprint density at radius 1 is 1.14 bits per heavy atom.